The minimum Gasteiger partial charge on any atom is -0.790 e. The fraction of sp³-hybridized carbons (Fsp3) is 0.829. The van der Waals surface area contributed by atoms with Gasteiger partial charge in [-0.3, -0.25) is 9.59 Å². The Morgan fingerprint density at radius 3 is 1.39 bits per heavy atom. The Balaban J connectivity index is 4.02. The van der Waals surface area contributed by atoms with Crippen molar-refractivity contribution in [1.29, 1.82) is 0 Å². The van der Waals surface area contributed by atoms with Gasteiger partial charge in [-0.05, 0) is 64.2 Å². The molecule has 0 saturated heterocycles. The number of carbonyl (C=O) groups excluding carboxylic acids is 2. The van der Waals surface area contributed by atoms with E-state index in [1.807, 2.05) is 0 Å². The van der Waals surface area contributed by atoms with E-state index in [1.165, 1.54) is 57.8 Å². The molecule has 9 heteroatoms. The van der Waals surface area contributed by atoms with Crippen molar-refractivity contribution in [3.8, 4) is 0 Å². The molecule has 0 aromatic carbocycles. The number of carbonyl (C=O) groups is 2. The van der Waals surface area contributed by atoms with Crippen LogP contribution in [0, 0.1) is 0 Å². The second kappa shape index (κ2) is 31.5. The molecular formula is C35H63O8P-2. The molecule has 0 bridgehead atoms. The van der Waals surface area contributed by atoms with Gasteiger partial charge in [0.2, 0.25) is 0 Å². The number of unbranched alkanes of at least 4 members (excludes halogenated alkanes) is 18. The lowest BCUT2D eigenvalue weighted by atomic mass is 10.1. The van der Waals surface area contributed by atoms with Gasteiger partial charge in [0.1, 0.15) is 6.61 Å². The van der Waals surface area contributed by atoms with Crippen LogP contribution in [-0.2, 0) is 28.2 Å². The van der Waals surface area contributed by atoms with E-state index in [9.17, 15) is 23.9 Å². The van der Waals surface area contributed by atoms with Crippen LogP contribution in [-0.4, -0.2) is 31.3 Å². The van der Waals surface area contributed by atoms with E-state index in [1.54, 1.807) is 0 Å². The minimum atomic E-state index is -5.25. The van der Waals surface area contributed by atoms with E-state index in [4.69, 9.17) is 9.47 Å². The molecule has 0 aliphatic heterocycles. The maximum absolute atomic E-state index is 12.3. The number of esters is 2. The van der Waals surface area contributed by atoms with Gasteiger partial charge < -0.3 is 28.3 Å². The molecule has 8 nitrogen and oxygen atoms in total. The van der Waals surface area contributed by atoms with Gasteiger partial charge in [0.25, 0.3) is 0 Å². The third kappa shape index (κ3) is 33.4. The molecule has 0 fully saturated rings. The zero-order chi connectivity index (χ0) is 32.6. The molecule has 0 rings (SSSR count). The topological polar surface area (TPSA) is 125 Å². The Morgan fingerprint density at radius 1 is 0.568 bits per heavy atom. The van der Waals surface area contributed by atoms with Crippen molar-refractivity contribution in [2.45, 2.75) is 174 Å². The Kier molecular flexibility index (Phi) is 30.5. The molecule has 0 radical (unpaired) electrons. The zero-order valence-electron chi connectivity index (χ0n) is 28.0. The molecule has 0 spiro atoms. The molecule has 0 N–H and O–H groups in total. The summed E-state index contributed by atoms with van der Waals surface area (Å²) in [6.45, 7) is 3.43. The van der Waals surface area contributed by atoms with E-state index >= 15 is 0 Å². The number of phosphoric acid groups is 1. The maximum atomic E-state index is 12.3. The Hall–Kier alpha value is -1.47. The van der Waals surface area contributed by atoms with E-state index in [0.29, 0.717) is 12.8 Å². The largest absolute Gasteiger partial charge is 0.790 e. The van der Waals surface area contributed by atoms with E-state index in [0.717, 1.165) is 70.6 Å². The molecule has 0 aromatic rings. The summed E-state index contributed by atoms with van der Waals surface area (Å²) in [6, 6.07) is 0. The first kappa shape index (κ1) is 42.5. The van der Waals surface area contributed by atoms with Gasteiger partial charge >= 0.3 is 11.9 Å². The first-order chi connectivity index (χ1) is 21.3. The fourth-order valence-corrected chi connectivity index (χ4v) is 5.12. The summed E-state index contributed by atoms with van der Waals surface area (Å²) >= 11 is 0. The van der Waals surface area contributed by atoms with Gasteiger partial charge in [0.05, 0.1) is 14.4 Å². The summed E-state index contributed by atoms with van der Waals surface area (Å²) < 4.78 is 25.7. The van der Waals surface area contributed by atoms with Gasteiger partial charge in [0.15, 0.2) is 6.10 Å². The summed E-state index contributed by atoms with van der Waals surface area (Å²) in [5, 5.41) is 0. The number of allylic oxidation sites excluding steroid dienone is 4. The zero-order valence-corrected chi connectivity index (χ0v) is 28.9. The molecule has 0 unspecified atom stereocenters. The molecule has 0 aliphatic rings. The SMILES string of the molecule is CCCCCC/C=C\CCCCCCCC(=O)OC[C@H](COP(=O)([O-])[O-])OC(=O)CCCCCCC/C=C\CCCCCC. The molecule has 258 valence electrons. The van der Waals surface area contributed by atoms with Crippen LogP contribution in [0.4, 0.5) is 0 Å². The smallest absolute Gasteiger partial charge is 0.306 e. The van der Waals surface area contributed by atoms with Crippen molar-refractivity contribution in [3.63, 3.8) is 0 Å². The lowest BCUT2D eigenvalue weighted by Crippen LogP contribution is -2.31. The average Bonchev–Trinajstić information content (AvgIpc) is 2.98. The van der Waals surface area contributed by atoms with E-state index in [-0.39, 0.29) is 19.4 Å². The predicted octanol–water partition coefficient (Wildman–Crippen LogP) is 8.80. The summed E-state index contributed by atoms with van der Waals surface area (Å²) in [6.07, 6.45) is 32.8. The van der Waals surface area contributed by atoms with Crippen molar-refractivity contribution < 1.29 is 37.9 Å². The standard InChI is InChI=1S/C35H65O8P/c1-3-5-7-9-11-13-15-17-19-21-23-25-27-29-34(36)41-31-33(32-42-44(38,39)40)43-35(37)30-28-26-24-22-20-18-16-14-12-10-8-6-4-2/h13-16,33H,3-12,17-32H2,1-2H3,(H2,38,39,40)/p-2/b15-13-,16-14-/t33-/m1/s1. The highest BCUT2D eigenvalue weighted by Crippen LogP contribution is 2.25. The highest BCUT2D eigenvalue weighted by Gasteiger charge is 2.18. The molecule has 0 aliphatic carbocycles. The van der Waals surface area contributed by atoms with Gasteiger partial charge in [-0.2, -0.15) is 0 Å². The fourth-order valence-electron chi connectivity index (χ4n) is 4.77. The van der Waals surface area contributed by atoms with Crippen LogP contribution in [0.5, 0.6) is 0 Å². The third-order valence-electron chi connectivity index (χ3n) is 7.43. The van der Waals surface area contributed by atoms with Crippen molar-refractivity contribution in [3.05, 3.63) is 24.3 Å². The maximum Gasteiger partial charge on any atom is 0.306 e. The molecule has 0 aromatic heterocycles. The Labute approximate surface area is 269 Å². The highest BCUT2D eigenvalue weighted by atomic mass is 31.2. The second-order valence-corrected chi connectivity index (χ2v) is 12.9. The van der Waals surface area contributed by atoms with Crippen LogP contribution >= 0.6 is 7.82 Å². The summed E-state index contributed by atoms with van der Waals surface area (Å²) in [5.41, 5.74) is 0. The van der Waals surface area contributed by atoms with Gasteiger partial charge in [-0.25, -0.2) is 0 Å². The normalized spacial score (nSPS) is 12.7. The van der Waals surface area contributed by atoms with Gasteiger partial charge in [-0.15, -0.1) is 0 Å². The summed E-state index contributed by atoms with van der Waals surface area (Å²) in [5.74, 6) is -0.977. The molecule has 0 heterocycles. The number of hydrogen-bond acceptors (Lipinski definition) is 8. The van der Waals surface area contributed by atoms with E-state index < -0.39 is 32.5 Å². The lowest BCUT2D eigenvalue weighted by molar-refractivity contribution is -0.343. The molecule has 0 amide bonds. The number of ether oxygens (including phenoxy) is 2. The molecular weight excluding hydrogens is 579 g/mol. The molecule has 0 saturated carbocycles. The van der Waals surface area contributed by atoms with Crippen LogP contribution in [0.3, 0.4) is 0 Å². The van der Waals surface area contributed by atoms with Gasteiger partial charge in [-0.1, -0.05) is 115 Å². The van der Waals surface area contributed by atoms with Crippen LogP contribution < -0.4 is 9.79 Å². The number of rotatable bonds is 32. The van der Waals surface area contributed by atoms with Crippen molar-refractivity contribution in [1.82, 2.24) is 0 Å². The van der Waals surface area contributed by atoms with Crippen molar-refractivity contribution >= 4 is 19.8 Å². The lowest BCUT2D eigenvalue weighted by Gasteiger charge is -2.30. The number of phosphoric ester groups is 1. The minimum absolute atomic E-state index is 0.170. The molecule has 1 atom stereocenters. The van der Waals surface area contributed by atoms with Crippen LogP contribution in [0.25, 0.3) is 0 Å². The van der Waals surface area contributed by atoms with Crippen LogP contribution in [0.1, 0.15) is 168 Å². The summed E-state index contributed by atoms with van der Waals surface area (Å²) in [7, 11) is -5.25. The summed E-state index contributed by atoms with van der Waals surface area (Å²) in [4.78, 5) is 46.2. The molecule has 44 heavy (non-hydrogen) atoms. The second-order valence-electron chi connectivity index (χ2n) is 11.8. The van der Waals surface area contributed by atoms with Crippen LogP contribution in [0.15, 0.2) is 24.3 Å². The Morgan fingerprint density at radius 2 is 0.955 bits per heavy atom. The first-order valence-corrected chi connectivity index (χ1v) is 19.1. The number of hydrogen-bond donors (Lipinski definition) is 0. The van der Waals surface area contributed by atoms with Gasteiger partial charge in [0, 0.05) is 12.8 Å². The highest BCUT2D eigenvalue weighted by molar-refractivity contribution is 7.43. The van der Waals surface area contributed by atoms with Crippen molar-refractivity contribution in [2.24, 2.45) is 0 Å². The predicted molar refractivity (Wildman–Crippen MR) is 175 cm³/mol. The first-order valence-electron chi connectivity index (χ1n) is 17.6. The van der Waals surface area contributed by atoms with E-state index in [2.05, 4.69) is 42.7 Å². The Bertz CT molecular complexity index is 777. The van der Waals surface area contributed by atoms with Crippen molar-refractivity contribution in [2.75, 3.05) is 13.2 Å². The van der Waals surface area contributed by atoms with Crippen LogP contribution in [0.2, 0.25) is 0 Å². The third-order valence-corrected chi connectivity index (χ3v) is 7.90. The quantitative estimate of drug-likeness (QED) is 0.0308. The average molecular weight is 643 g/mol. The monoisotopic (exact) mass is 642 g/mol.